The van der Waals surface area contributed by atoms with E-state index in [1.165, 1.54) is 6.07 Å². The molecule has 1 saturated heterocycles. The first-order valence-electron chi connectivity index (χ1n) is 9.12. The summed E-state index contributed by atoms with van der Waals surface area (Å²) in [6.07, 6.45) is 1.58. The summed E-state index contributed by atoms with van der Waals surface area (Å²) in [6.45, 7) is 6.03. The molecule has 1 fully saturated rings. The zero-order valence-corrected chi connectivity index (χ0v) is 15.4. The number of ether oxygens (including phenoxy) is 1. The molecule has 0 spiro atoms. The van der Waals surface area contributed by atoms with Gasteiger partial charge < -0.3 is 15.4 Å². The van der Waals surface area contributed by atoms with E-state index in [0.29, 0.717) is 42.8 Å². The smallest absolute Gasteiger partial charge is 0.155 e. The number of anilines is 1. The minimum atomic E-state index is -0.417. The van der Waals surface area contributed by atoms with E-state index in [4.69, 9.17) is 10.5 Å². The molecule has 0 aromatic carbocycles. The summed E-state index contributed by atoms with van der Waals surface area (Å²) in [4.78, 5) is 10.9. The first-order valence-corrected chi connectivity index (χ1v) is 9.12. The lowest BCUT2D eigenvalue weighted by molar-refractivity contribution is 0.0140. The molecule has 8 heteroatoms. The molecule has 3 aromatic heterocycles. The van der Waals surface area contributed by atoms with Crippen molar-refractivity contribution in [2.45, 2.75) is 26.0 Å². The third-order valence-electron chi connectivity index (χ3n) is 5.01. The molecule has 3 N–H and O–H groups in total. The summed E-state index contributed by atoms with van der Waals surface area (Å²) < 4.78 is 20.4. The number of H-pyrrole nitrogens is 1. The number of aromatic amines is 1. The number of nitrogens with one attached hydrogen (secondary N) is 1. The molecule has 142 valence electrons. The van der Waals surface area contributed by atoms with E-state index in [1.54, 1.807) is 18.3 Å². The van der Waals surface area contributed by atoms with Crippen LogP contribution >= 0.6 is 0 Å². The van der Waals surface area contributed by atoms with Gasteiger partial charge in [-0.1, -0.05) is 13.8 Å². The van der Waals surface area contributed by atoms with Gasteiger partial charge in [0.25, 0.3) is 0 Å². The van der Waals surface area contributed by atoms with Crippen LogP contribution in [0, 0.1) is 11.7 Å². The van der Waals surface area contributed by atoms with Crippen LogP contribution in [0.1, 0.15) is 13.8 Å². The van der Waals surface area contributed by atoms with Crippen LogP contribution in [0.25, 0.3) is 22.4 Å². The predicted octanol–water partition coefficient (Wildman–Crippen LogP) is 2.35. The number of hydrogen-bond acceptors (Lipinski definition) is 6. The van der Waals surface area contributed by atoms with Crippen molar-refractivity contribution in [3.05, 3.63) is 36.3 Å². The van der Waals surface area contributed by atoms with Crippen molar-refractivity contribution in [3.63, 3.8) is 0 Å². The molecule has 1 aliphatic heterocycles. The van der Waals surface area contributed by atoms with Crippen LogP contribution in [0.4, 0.5) is 10.2 Å². The van der Waals surface area contributed by atoms with E-state index in [1.807, 2.05) is 6.07 Å². The largest absolute Gasteiger partial charge is 0.373 e. The van der Waals surface area contributed by atoms with Crippen molar-refractivity contribution >= 4 is 16.9 Å². The lowest BCUT2D eigenvalue weighted by atomic mass is 9.98. The van der Waals surface area contributed by atoms with Gasteiger partial charge in [-0.3, -0.25) is 5.10 Å². The highest BCUT2D eigenvalue weighted by Gasteiger charge is 2.29. The molecule has 0 saturated carbocycles. The van der Waals surface area contributed by atoms with Crippen LogP contribution in [-0.4, -0.2) is 52.0 Å². The van der Waals surface area contributed by atoms with E-state index >= 15 is 0 Å². The maximum Gasteiger partial charge on any atom is 0.155 e. The average molecular weight is 370 g/mol. The van der Waals surface area contributed by atoms with Crippen molar-refractivity contribution < 1.29 is 9.13 Å². The number of morpholine rings is 1. The molecule has 2 unspecified atom stereocenters. The van der Waals surface area contributed by atoms with Gasteiger partial charge in [-0.2, -0.15) is 5.10 Å². The van der Waals surface area contributed by atoms with Crippen molar-refractivity contribution in [2.75, 3.05) is 24.6 Å². The number of rotatable bonds is 4. The molecule has 0 bridgehead atoms. The number of halogens is 1. The van der Waals surface area contributed by atoms with Crippen LogP contribution in [0.15, 0.2) is 30.5 Å². The van der Waals surface area contributed by atoms with Crippen molar-refractivity contribution in [1.29, 1.82) is 0 Å². The van der Waals surface area contributed by atoms with Gasteiger partial charge in [-0.05, 0) is 30.2 Å². The third kappa shape index (κ3) is 3.38. The zero-order valence-electron chi connectivity index (χ0n) is 15.4. The van der Waals surface area contributed by atoms with E-state index < -0.39 is 5.82 Å². The zero-order chi connectivity index (χ0) is 19.0. The molecule has 7 nitrogen and oxygen atoms in total. The van der Waals surface area contributed by atoms with Gasteiger partial charge >= 0.3 is 0 Å². The van der Waals surface area contributed by atoms with Crippen LogP contribution in [0.5, 0.6) is 0 Å². The Morgan fingerprint density at radius 3 is 2.96 bits per heavy atom. The van der Waals surface area contributed by atoms with Gasteiger partial charge in [0, 0.05) is 30.7 Å². The maximum atomic E-state index is 14.5. The second kappa shape index (κ2) is 7.21. The number of nitrogens with zero attached hydrogens (tertiary/aromatic N) is 4. The minimum absolute atomic E-state index is 0.0610. The number of hydrogen-bond donors (Lipinski definition) is 2. The Balaban J connectivity index is 1.66. The quantitative estimate of drug-likeness (QED) is 0.732. The van der Waals surface area contributed by atoms with Crippen molar-refractivity contribution in [2.24, 2.45) is 11.7 Å². The van der Waals surface area contributed by atoms with Gasteiger partial charge in [0.15, 0.2) is 11.5 Å². The highest BCUT2D eigenvalue weighted by atomic mass is 19.1. The van der Waals surface area contributed by atoms with Crippen LogP contribution in [0.2, 0.25) is 0 Å². The van der Waals surface area contributed by atoms with Crippen molar-refractivity contribution in [1.82, 2.24) is 20.2 Å². The minimum Gasteiger partial charge on any atom is -0.373 e. The van der Waals surface area contributed by atoms with Crippen LogP contribution in [-0.2, 0) is 4.74 Å². The summed E-state index contributed by atoms with van der Waals surface area (Å²) in [5, 5.41) is 7.79. The normalized spacial score (nSPS) is 19.0. The predicted molar refractivity (Wildman–Crippen MR) is 102 cm³/mol. The Kier molecular flexibility index (Phi) is 4.75. The van der Waals surface area contributed by atoms with E-state index in [2.05, 4.69) is 38.9 Å². The summed E-state index contributed by atoms with van der Waals surface area (Å²) in [5.74, 6) is 0.588. The second-order valence-corrected chi connectivity index (χ2v) is 7.15. The van der Waals surface area contributed by atoms with Crippen LogP contribution < -0.4 is 10.6 Å². The fourth-order valence-electron chi connectivity index (χ4n) is 3.35. The highest BCUT2D eigenvalue weighted by Crippen LogP contribution is 2.28. The van der Waals surface area contributed by atoms with Crippen molar-refractivity contribution in [3.8, 4) is 11.4 Å². The molecule has 2 atom stereocenters. The molecule has 1 aliphatic rings. The molecule has 3 aromatic rings. The average Bonchev–Trinajstić information content (AvgIpc) is 3.12. The van der Waals surface area contributed by atoms with Gasteiger partial charge in [-0.25, -0.2) is 14.4 Å². The number of nitrogens with two attached hydrogens (primary N) is 1. The molecular formula is C19H23FN6O. The van der Waals surface area contributed by atoms with E-state index in [9.17, 15) is 4.39 Å². The summed E-state index contributed by atoms with van der Waals surface area (Å²) >= 11 is 0. The lowest BCUT2D eigenvalue weighted by Gasteiger charge is -2.37. The third-order valence-corrected chi connectivity index (χ3v) is 5.01. The number of fused-ring (bicyclic) bond motifs is 1. The maximum absolute atomic E-state index is 14.5. The van der Waals surface area contributed by atoms with Gasteiger partial charge in [0.1, 0.15) is 17.2 Å². The van der Waals surface area contributed by atoms with Gasteiger partial charge in [0.05, 0.1) is 12.7 Å². The molecule has 27 heavy (non-hydrogen) atoms. The Morgan fingerprint density at radius 1 is 1.30 bits per heavy atom. The standard InChI is InChI=1S/C19H23FN6O/c1-11(2)16(21)14-10-26(8-9-27-14)15-6-5-13(20)18(23-15)17-12-4-3-7-22-19(12)25-24-17/h3-7,11,14,16H,8-10,21H2,1-2H3,(H,22,24,25). The molecule has 4 rings (SSSR count). The van der Waals surface area contributed by atoms with Gasteiger partial charge in [0.2, 0.25) is 0 Å². The highest BCUT2D eigenvalue weighted by molar-refractivity contribution is 5.89. The monoisotopic (exact) mass is 370 g/mol. The second-order valence-electron chi connectivity index (χ2n) is 7.15. The fraction of sp³-hybridized carbons (Fsp3) is 0.421. The molecule has 0 aliphatic carbocycles. The first-order chi connectivity index (χ1) is 13.0. The topological polar surface area (TPSA) is 93.0 Å². The van der Waals surface area contributed by atoms with Crippen LogP contribution in [0.3, 0.4) is 0 Å². The fourth-order valence-corrected chi connectivity index (χ4v) is 3.35. The molecule has 0 amide bonds. The Labute approximate surface area is 156 Å². The molecular weight excluding hydrogens is 347 g/mol. The summed E-state index contributed by atoms with van der Waals surface area (Å²) in [5.41, 5.74) is 7.55. The molecule has 0 radical (unpaired) electrons. The SMILES string of the molecule is CC(C)C(N)C1CN(c2ccc(F)c(-c3n[nH]c4ncccc34)n2)CCO1. The Morgan fingerprint density at radius 2 is 2.15 bits per heavy atom. The summed E-state index contributed by atoms with van der Waals surface area (Å²) in [7, 11) is 0. The Bertz CT molecular complexity index is 943. The molecule has 4 heterocycles. The van der Waals surface area contributed by atoms with Gasteiger partial charge in [-0.15, -0.1) is 0 Å². The lowest BCUT2D eigenvalue weighted by Crippen LogP contribution is -2.52. The number of pyridine rings is 2. The number of aromatic nitrogens is 4. The van der Waals surface area contributed by atoms with E-state index in [-0.39, 0.29) is 17.8 Å². The Hall–Kier alpha value is -2.58. The summed E-state index contributed by atoms with van der Waals surface area (Å²) in [6, 6.07) is 6.70. The van der Waals surface area contributed by atoms with E-state index in [0.717, 1.165) is 5.39 Å². The first kappa shape index (κ1) is 17.8.